The van der Waals surface area contributed by atoms with Gasteiger partial charge < -0.3 is 14.2 Å². The maximum absolute atomic E-state index is 10.1. The van der Waals surface area contributed by atoms with Crippen LogP contribution in [0.3, 0.4) is 0 Å². The maximum Gasteiger partial charge on any atom is 0.330 e. The van der Waals surface area contributed by atoms with Gasteiger partial charge in [0.15, 0.2) is 0 Å². The van der Waals surface area contributed by atoms with Crippen LogP contribution in [-0.4, -0.2) is 56.0 Å². The predicted molar refractivity (Wildman–Crippen MR) is 106 cm³/mol. The SMILES string of the molecule is C=CC(=O)OCC.C=CC(=O)OCC.C=CC(=O)OCC.N=C=O.N=C=O.N=C=O. The fourth-order valence-electron chi connectivity index (χ4n) is 0.604. The quantitative estimate of drug-likeness (QED) is 0.185. The van der Waals surface area contributed by atoms with E-state index in [9.17, 15) is 14.4 Å². The topological polar surface area (TPSA) is 202 Å². The molecule has 0 bridgehead atoms. The monoisotopic (exact) mass is 429 g/mol. The van der Waals surface area contributed by atoms with Gasteiger partial charge in [0, 0.05) is 18.2 Å². The Kier molecular flexibility index (Phi) is 67.1. The highest BCUT2D eigenvalue weighted by Crippen LogP contribution is 1.75. The van der Waals surface area contributed by atoms with Crippen molar-refractivity contribution in [3.05, 3.63) is 38.0 Å². The molecule has 0 atom stereocenters. The second kappa shape index (κ2) is 49.8. The summed E-state index contributed by atoms with van der Waals surface area (Å²) >= 11 is 0. The van der Waals surface area contributed by atoms with Gasteiger partial charge in [-0.1, -0.05) is 19.7 Å². The first-order valence-electron chi connectivity index (χ1n) is 7.67. The Bertz CT molecular complexity index is 489. The Balaban J connectivity index is -0.0000000603. The van der Waals surface area contributed by atoms with E-state index in [1.807, 2.05) is 0 Å². The molecule has 12 nitrogen and oxygen atoms in total. The molecule has 0 saturated carbocycles. The maximum atomic E-state index is 10.1. The number of carbonyl (C=O) groups excluding carboxylic acids is 6. The Hall–Kier alpha value is -4.23. The van der Waals surface area contributed by atoms with E-state index in [-0.39, 0.29) is 17.9 Å². The van der Waals surface area contributed by atoms with Gasteiger partial charge in [-0.25, -0.2) is 45.0 Å². The first kappa shape index (κ1) is 40.5. The van der Waals surface area contributed by atoms with Crippen molar-refractivity contribution in [3.8, 4) is 0 Å². The number of hydrogen-bond acceptors (Lipinski definition) is 12. The summed E-state index contributed by atoms with van der Waals surface area (Å²) in [5, 5.41) is 16.2. The summed E-state index contributed by atoms with van der Waals surface area (Å²) in [4.78, 5) is 55.3. The van der Waals surface area contributed by atoms with E-state index >= 15 is 0 Å². The molecule has 0 aromatic rings. The average Bonchev–Trinajstić information content (AvgIpc) is 2.71. The van der Waals surface area contributed by atoms with Gasteiger partial charge >= 0.3 is 17.9 Å². The fraction of sp³-hybridized carbons (Fsp3) is 0.333. The zero-order valence-corrected chi connectivity index (χ0v) is 17.1. The first-order valence-corrected chi connectivity index (χ1v) is 7.67. The van der Waals surface area contributed by atoms with Crippen molar-refractivity contribution >= 4 is 36.1 Å². The fourth-order valence-corrected chi connectivity index (χ4v) is 0.604. The van der Waals surface area contributed by atoms with Crippen LogP contribution in [0.2, 0.25) is 0 Å². The molecule has 0 unspecified atom stereocenters. The normalized spacial score (nSPS) is 6.10. The van der Waals surface area contributed by atoms with E-state index in [2.05, 4.69) is 33.9 Å². The van der Waals surface area contributed by atoms with Gasteiger partial charge in [0.25, 0.3) is 0 Å². The van der Waals surface area contributed by atoms with Crippen LogP contribution in [0.4, 0.5) is 0 Å². The molecule has 0 saturated heterocycles. The van der Waals surface area contributed by atoms with Crippen LogP contribution in [0.25, 0.3) is 0 Å². The van der Waals surface area contributed by atoms with Gasteiger partial charge in [0.2, 0.25) is 18.2 Å². The van der Waals surface area contributed by atoms with Gasteiger partial charge in [0.1, 0.15) is 0 Å². The highest BCUT2D eigenvalue weighted by molar-refractivity contribution is 5.81. The molecule has 0 heterocycles. The van der Waals surface area contributed by atoms with Gasteiger partial charge in [-0.05, 0) is 20.8 Å². The summed E-state index contributed by atoms with van der Waals surface area (Å²) in [5.74, 6) is -1.08. The van der Waals surface area contributed by atoms with E-state index in [1.165, 1.54) is 0 Å². The molecule has 0 aliphatic heterocycles. The van der Waals surface area contributed by atoms with Crippen molar-refractivity contribution in [2.45, 2.75) is 20.8 Å². The molecular weight excluding hydrogens is 402 g/mol. The number of isocyanates is 3. The highest BCUT2D eigenvalue weighted by Gasteiger charge is 1.87. The molecule has 0 rings (SSSR count). The van der Waals surface area contributed by atoms with Crippen LogP contribution >= 0.6 is 0 Å². The summed E-state index contributed by atoms with van der Waals surface area (Å²) in [6.45, 7) is 16.1. The number of nitrogens with one attached hydrogen (secondary N) is 3. The van der Waals surface area contributed by atoms with Crippen LogP contribution in [0.1, 0.15) is 20.8 Å². The van der Waals surface area contributed by atoms with Gasteiger partial charge in [-0.15, -0.1) is 0 Å². The third kappa shape index (κ3) is 106. The molecular formula is C18H27N3O9. The zero-order valence-electron chi connectivity index (χ0n) is 17.1. The van der Waals surface area contributed by atoms with Crippen molar-refractivity contribution in [2.24, 2.45) is 0 Å². The lowest BCUT2D eigenvalue weighted by atomic mass is 10.6. The van der Waals surface area contributed by atoms with Crippen LogP contribution in [0.15, 0.2) is 38.0 Å². The molecule has 0 aromatic heterocycles. The van der Waals surface area contributed by atoms with Crippen LogP contribution in [0, 0.1) is 16.2 Å². The number of carbonyl (C=O) groups is 3. The van der Waals surface area contributed by atoms with Crippen molar-refractivity contribution in [3.63, 3.8) is 0 Å². The van der Waals surface area contributed by atoms with E-state index < -0.39 is 0 Å². The Morgan fingerprint density at radius 1 is 0.633 bits per heavy atom. The number of hydrogen-bond donors (Lipinski definition) is 3. The lowest BCUT2D eigenvalue weighted by Crippen LogP contribution is -1.97. The molecule has 168 valence electrons. The lowest BCUT2D eigenvalue weighted by Gasteiger charge is -1.90. The molecule has 3 N–H and O–H groups in total. The predicted octanol–water partition coefficient (Wildman–Crippen LogP) is 1.91. The Morgan fingerprint density at radius 3 is 0.800 bits per heavy atom. The molecule has 0 amide bonds. The number of ether oxygens (including phenoxy) is 3. The molecule has 0 aliphatic rings. The van der Waals surface area contributed by atoms with Crippen molar-refractivity contribution in [1.29, 1.82) is 16.2 Å². The zero-order chi connectivity index (χ0) is 25.2. The summed E-state index contributed by atoms with van der Waals surface area (Å²) in [6, 6.07) is 0. The average molecular weight is 429 g/mol. The van der Waals surface area contributed by atoms with Crippen molar-refractivity contribution in [1.82, 2.24) is 0 Å². The minimum atomic E-state index is -0.359. The largest absolute Gasteiger partial charge is 0.463 e. The van der Waals surface area contributed by atoms with Crippen molar-refractivity contribution < 1.29 is 43.0 Å². The highest BCUT2D eigenvalue weighted by atomic mass is 16.5. The van der Waals surface area contributed by atoms with Crippen LogP contribution in [0.5, 0.6) is 0 Å². The number of esters is 3. The van der Waals surface area contributed by atoms with E-state index in [0.29, 0.717) is 19.8 Å². The van der Waals surface area contributed by atoms with Gasteiger partial charge in [-0.2, -0.15) is 0 Å². The Morgan fingerprint density at radius 2 is 0.767 bits per heavy atom. The smallest absolute Gasteiger partial charge is 0.330 e. The second-order valence-electron chi connectivity index (χ2n) is 3.17. The summed E-state index contributed by atoms with van der Waals surface area (Å²) in [6.07, 6.45) is 5.68. The molecule has 0 fully saturated rings. The van der Waals surface area contributed by atoms with E-state index in [4.69, 9.17) is 30.6 Å². The molecule has 0 aromatic carbocycles. The van der Waals surface area contributed by atoms with Crippen LogP contribution in [-0.2, 0) is 43.0 Å². The van der Waals surface area contributed by atoms with Crippen LogP contribution < -0.4 is 0 Å². The molecule has 0 aliphatic carbocycles. The Labute approximate surface area is 174 Å². The molecule has 0 spiro atoms. The third-order valence-corrected chi connectivity index (χ3v) is 1.36. The third-order valence-electron chi connectivity index (χ3n) is 1.36. The van der Waals surface area contributed by atoms with Gasteiger partial charge in [0.05, 0.1) is 19.8 Å². The minimum absolute atomic E-state index is 0.359. The van der Waals surface area contributed by atoms with Gasteiger partial charge in [-0.3, -0.25) is 0 Å². The standard InChI is InChI=1S/3C5H8O2.3CHNO/c3*1-3-5(6)7-4-2;3*2-1-3/h3*3H,1,4H2,2H3;3*2H. The van der Waals surface area contributed by atoms with Crippen molar-refractivity contribution in [2.75, 3.05) is 19.8 Å². The summed E-state index contributed by atoms with van der Waals surface area (Å²) in [7, 11) is 0. The molecule has 30 heavy (non-hydrogen) atoms. The van der Waals surface area contributed by atoms with E-state index in [1.54, 1.807) is 20.8 Å². The molecule has 12 heteroatoms. The minimum Gasteiger partial charge on any atom is -0.463 e. The lowest BCUT2D eigenvalue weighted by molar-refractivity contribution is -0.138. The summed E-state index contributed by atoms with van der Waals surface area (Å²) in [5.41, 5.74) is 0. The second-order valence-corrected chi connectivity index (χ2v) is 3.17. The van der Waals surface area contributed by atoms with E-state index in [0.717, 1.165) is 36.5 Å². The number of rotatable bonds is 6. The molecule has 0 radical (unpaired) electrons. The summed E-state index contributed by atoms with van der Waals surface area (Å²) < 4.78 is 13.3. The first-order chi connectivity index (χ1) is 14.2.